The summed E-state index contributed by atoms with van der Waals surface area (Å²) in [6.45, 7) is 0. The summed E-state index contributed by atoms with van der Waals surface area (Å²) in [6.07, 6.45) is -11.6. The molecule has 0 aliphatic carbocycles. The van der Waals surface area contributed by atoms with Crippen LogP contribution in [0, 0.1) is 0 Å². The largest absolute Gasteiger partial charge is 0.241 e. The Balaban J connectivity index is 4.30. The standard InChI is InChI=1S/C6H6Cl3F5/c7-5(8)3(12)1(10)2(11)4(13)6(9)14/h1-6H. The van der Waals surface area contributed by atoms with E-state index < -0.39 is 35.2 Å². The second-order valence-corrected chi connectivity index (χ2v) is 4.03. The molecule has 0 aromatic carbocycles. The summed E-state index contributed by atoms with van der Waals surface area (Å²) >= 11 is 14.3. The Hall–Kier alpha value is 0.520. The number of hydrogen-bond acceptors (Lipinski definition) is 0. The second kappa shape index (κ2) is 6.18. The molecule has 0 aliphatic heterocycles. The molecule has 14 heavy (non-hydrogen) atoms. The molecule has 0 rings (SSSR count). The van der Waals surface area contributed by atoms with Crippen molar-refractivity contribution in [2.75, 3.05) is 0 Å². The molecule has 0 nitrogen and oxygen atoms in total. The Kier molecular flexibility index (Phi) is 6.41. The minimum absolute atomic E-state index is 1.86. The van der Waals surface area contributed by atoms with Gasteiger partial charge in [0.1, 0.15) is 4.84 Å². The maximum absolute atomic E-state index is 12.7. The van der Waals surface area contributed by atoms with Crippen molar-refractivity contribution >= 4 is 34.8 Å². The average Bonchev–Trinajstić information content (AvgIpc) is 2.12. The van der Waals surface area contributed by atoms with E-state index in [1.165, 1.54) is 0 Å². The fourth-order valence-electron chi connectivity index (χ4n) is 0.629. The lowest BCUT2D eigenvalue weighted by Crippen LogP contribution is -2.40. The van der Waals surface area contributed by atoms with Crippen molar-refractivity contribution in [1.82, 2.24) is 0 Å². The Morgan fingerprint density at radius 1 is 0.571 bits per heavy atom. The monoisotopic (exact) mass is 278 g/mol. The summed E-state index contributed by atoms with van der Waals surface area (Å²) in [4.78, 5) is -1.86. The van der Waals surface area contributed by atoms with Crippen LogP contribution in [0.5, 0.6) is 0 Å². The van der Waals surface area contributed by atoms with E-state index in [1.54, 1.807) is 0 Å². The highest BCUT2D eigenvalue weighted by Gasteiger charge is 2.41. The van der Waals surface area contributed by atoms with Crippen LogP contribution in [-0.2, 0) is 0 Å². The summed E-state index contributed by atoms with van der Waals surface area (Å²) in [6, 6.07) is 0. The van der Waals surface area contributed by atoms with Gasteiger partial charge in [0.25, 0.3) is 0 Å². The fraction of sp³-hybridized carbons (Fsp3) is 1.00. The zero-order chi connectivity index (χ0) is 11.5. The zero-order valence-corrected chi connectivity index (χ0v) is 8.76. The summed E-state index contributed by atoms with van der Waals surface area (Å²) < 4.78 is 62.3. The lowest BCUT2D eigenvalue weighted by molar-refractivity contribution is 0.0208. The summed E-state index contributed by atoms with van der Waals surface area (Å²) in [7, 11) is 0. The van der Waals surface area contributed by atoms with E-state index in [1.807, 2.05) is 0 Å². The molecule has 0 fully saturated rings. The van der Waals surface area contributed by atoms with Crippen molar-refractivity contribution in [3.05, 3.63) is 0 Å². The molecule has 5 unspecified atom stereocenters. The molecule has 0 saturated heterocycles. The minimum atomic E-state index is -3.04. The number of hydrogen-bond donors (Lipinski definition) is 0. The van der Waals surface area contributed by atoms with Gasteiger partial charge in [-0.25, -0.2) is 22.0 Å². The molecule has 0 aromatic heterocycles. The lowest BCUT2D eigenvalue weighted by Gasteiger charge is -2.20. The third-order valence-corrected chi connectivity index (χ3v) is 2.12. The summed E-state index contributed by atoms with van der Waals surface area (Å²) in [5, 5.41) is 0. The van der Waals surface area contributed by atoms with Gasteiger partial charge in [0.2, 0.25) is 5.63 Å². The molecule has 0 saturated carbocycles. The van der Waals surface area contributed by atoms with Crippen LogP contribution in [0.1, 0.15) is 0 Å². The SMILES string of the molecule is FC(Cl)C(F)C(F)C(F)C(F)C(Cl)Cl. The molecule has 0 heterocycles. The maximum atomic E-state index is 12.7. The third kappa shape index (κ3) is 3.95. The third-order valence-electron chi connectivity index (χ3n) is 1.39. The van der Waals surface area contributed by atoms with E-state index in [0.29, 0.717) is 0 Å². The second-order valence-electron chi connectivity index (χ2n) is 2.45. The van der Waals surface area contributed by atoms with E-state index in [2.05, 4.69) is 11.6 Å². The van der Waals surface area contributed by atoms with Gasteiger partial charge in [-0.2, -0.15) is 0 Å². The molecule has 5 atom stereocenters. The van der Waals surface area contributed by atoms with Gasteiger partial charge in [-0.15, -0.1) is 23.2 Å². The highest BCUT2D eigenvalue weighted by molar-refractivity contribution is 6.44. The van der Waals surface area contributed by atoms with Gasteiger partial charge in [0.15, 0.2) is 24.7 Å². The minimum Gasteiger partial charge on any atom is -0.241 e. The average molecular weight is 279 g/mol. The molecule has 0 N–H and O–H groups in total. The molecule has 0 bridgehead atoms. The first-order valence-corrected chi connectivity index (χ1v) is 4.72. The Labute approximate surface area is 92.3 Å². The van der Waals surface area contributed by atoms with Crippen molar-refractivity contribution in [1.29, 1.82) is 0 Å². The molecule has 8 heteroatoms. The fourth-order valence-corrected chi connectivity index (χ4v) is 1.05. The molecule has 86 valence electrons. The summed E-state index contributed by atoms with van der Waals surface area (Å²) in [5.74, 6) is 0. The predicted octanol–water partition coefficient (Wildman–Crippen LogP) is 3.68. The van der Waals surface area contributed by atoms with Crippen molar-refractivity contribution < 1.29 is 22.0 Å². The van der Waals surface area contributed by atoms with E-state index in [-0.39, 0.29) is 0 Å². The van der Waals surface area contributed by atoms with Gasteiger partial charge in [0, 0.05) is 0 Å². The van der Waals surface area contributed by atoms with Crippen LogP contribution in [-0.4, -0.2) is 35.2 Å². The number of rotatable bonds is 5. The van der Waals surface area contributed by atoms with Crippen LogP contribution in [0.25, 0.3) is 0 Å². The smallest absolute Gasteiger partial charge is 0.207 e. The first-order chi connectivity index (χ1) is 6.29. The van der Waals surface area contributed by atoms with Gasteiger partial charge in [0.05, 0.1) is 0 Å². The molecular weight excluding hydrogens is 273 g/mol. The molecule has 0 radical (unpaired) electrons. The first-order valence-electron chi connectivity index (χ1n) is 3.41. The Morgan fingerprint density at radius 3 is 1.21 bits per heavy atom. The molecule has 0 aliphatic rings. The summed E-state index contributed by atoms with van der Waals surface area (Å²) in [5.41, 5.74) is -2.75. The van der Waals surface area contributed by atoms with Gasteiger partial charge < -0.3 is 0 Å². The molecule has 0 spiro atoms. The van der Waals surface area contributed by atoms with Crippen molar-refractivity contribution in [3.63, 3.8) is 0 Å². The quantitative estimate of drug-likeness (QED) is 0.532. The molecule has 0 amide bonds. The van der Waals surface area contributed by atoms with Gasteiger partial charge >= 0.3 is 0 Å². The van der Waals surface area contributed by atoms with Crippen molar-refractivity contribution in [3.8, 4) is 0 Å². The van der Waals surface area contributed by atoms with E-state index >= 15 is 0 Å². The van der Waals surface area contributed by atoms with Crippen LogP contribution < -0.4 is 0 Å². The van der Waals surface area contributed by atoms with Gasteiger partial charge in [-0.3, -0.25) is 0 Å². The van der Waals surface area contributed by atoms with Crippen molar-refractivity contribution in [2.45, 2.75) is 35.2 Å². The first kappa shape index (κ1) is 14.5. The highest BCUT2D eigenvalue weighted by Crippen LogP contribution is 2.26. The van der Waals surface area contributed by atoms with Crippen LogP contribution >= 0.6 is 34.8 Å². The van der Waals surface area contributed by atoms with Crippen LogP contribution in [0.15, 0.2) is 0 Å². The van der Waals surface area contributed by atoms with Crippen LogP contribution in [0.4, 0.5) is 22.0 Å². The topological polar surface area (TPSA) is 0 Å². The zero-order valence-electron chi connectivity index (χ0n) is 6.49. The van der Waals surface area contributed by atoms with Gasteiger partial charge in [-0.1, -0.05) is 11.6 Å². The highest BCUT2D eigenvalue weighted by atomic mass is 35.5. The normalized spacial score (nSPS) is 22.9. The van der Waals surface area contributed by atoms with Crippen molar-refractivity contribution in [2.24, 2.45) is 0 Å². The molecular formula is C6H6Cl3F5. The van der Waals surface area contributed by atoms with E-state index in [9.17, 15) is 22.0 Å². The predicted molar refractivity (Wildman–Crippen MR) is 45.8 cm³/mol. The number of halogens is 8. The van der Waals surface area contributed by atoms with E-state index in [0.717, 1.165) is 0 Å². The lowest BCUT2D eigenvalue weighted by atomic mass is 10.1. The van der Waals surface area contributed by atoms with E-state index in [4.69, 9.17) is 23.2 Å². The Bertz CT molecular complexity index is 150. The molecule has 0 aromatic rings. The Morgan fingerprint density at radius 2 is 0.929 bits per heavy atom. The maximum Gasteiger partial charge on any atom is 0.207 e. The van der Waals surface area contributed by atoms with Gasteiger partial charge in [-0.05, 0) is 0 Å². The number of alkyl halides is 8. The van der Waals surface area contributed by atoms with Crippen LogP contribution in [0.2, 0.25) is 0 Å². The van der Waals surface area contributed by atoms with Crippen LogP contribution in [0.3, 0.4) is 0 Å².